The van der Waals surface area contributed by atoms with Crippen molar-refractivity contribution < 1.29 is 27.4 Å². The van der Waals surface area contributed by atoms with Crippen molar-refractivity contribution in [2.45, 2.75) is 19.4 Å². The predicted molar refractivity (Wildman–Crippen MR) is 110 cm³/mol. The highest BCUT2D eigenvalue weighted by molar-refractivity contribution is 7.92. The van der Waals surface area contributed by atoms with Crippen LogP contribution in [0.1, 0.15) is 13.3 Å². The minimum Gasteiger partial charge on any atom is -0.497 e. The molecule has 0 spiro atoms. The van der Waals surface area contributed by atoms with Crippen LogP contribution < -0.4 is 23.8 Å². The molecular formula is C20H24N2O6S. The summed E-state index contributed by atoms with van der Waals surface area (Å²) in [6.07, 6.45) is 1.35. The van der Waals surface area contributed by atoms with Gasteiger partial charge in [-0.3, -0.25) is 9.10 Å². The molecule has 0 saturated carbocycles. The first-order valence-corrected chi connectivity index (χ1v) is 11.0. The Morgan fingerprint density at radius 1 is 1.17 bits per heavy atom. The van der Waals surface area contributed by atoms with Crippen molar-refractivity contribution in [3.05, 3.63) is 42.5 Å². The summed E-state index contributed by atoms with van der Waals surface area (Å²) in [5.74, 6) is 1.20. The van der Waals surface area contributed by atoms with Crippen LogP contribution in [-0.2, 0) is 14.8 Å². The molecule has 1 aliphatic heterocycles. The van der Waals surface area contributed by atoms with Crippen LogP contribution in [0.4, 0.5) is 11.4 Å². The van der Waals surface area contributed by atoms with Crippen LogP contribution in [0.2, 0.25) is 0 Å². The van der Waals surface area contributed by atoms with Gasteiger partial charge in [-0.05, 0) is 30.7 Å². The Labute approximate surface area is 170 Å². The molecule has 0 radical (unpaired) electrons. The Morgan fingerprint density at radius 2 is 1.90 bits per heavy atom. The van der Waals surface area contributed by atoms with Crippen molar-refractivity contribution >= 4 is 27.3 Å². The van der Waals surface area contributed by atoms with E-state index >= 15 is 0 Å². The minimum absolute atomic E-state index is 0.278. The van der Waals surface area contributed by atoms with Gasteiger partial charge in [0.25, 0.3) is 0 Å². The predicted octanol–water partition coefficient (Wildman–Crippen LogP) is 2.65. The molecule has 156 valence electrons. The van der Waals surface area contributed by atoms with Gasteiger partial charge >= 0.3 is 0 Å². The number of amides is 1. The third kappa shape index (κ3) is 4.73. The van der Waals surface area contributed by atoms with E-state index in [0.717, 1.165) is 10.6 Å². The maximum absolute atomic E-state index is 13.0. The van der Waals surface area contributed by atoms with Gasteiger partial charge in [0.15, 0.2) is 11.5 Å². The van der Waals surface area contributed by atoms with E-state index < -0.39 is 22.0 Å². The zero-order chi connectivity index (χ0) is 21.0. The van der Waals surface area contributed by atoms with Gasteiger partial charge in [0.2, 0.25) is 15.9 Å². The Balaban J connectivity index is 1.89. The van der Waals surface area contributed by atoms with Crippen molar-refractivity contribution in [1.29, 1.82) is 0 Å². The normalized spacial score (nSPS) is 14.0. The van der Waals surface area contributed by atoms with Gasteiger partial charge in [0, 0.05) is 17.8 Å². The molecule has 9 heteroatoms. The van der Waals surface area contributed by atoms with E-state index in [1.165, 1.54) is 7.11 Å². The summed E-state index contributed by atoms with van der Waals surface area (Å²) >= 11 is 0. The number of hydrogen-bond acceptors (Lipinski definition) is 6. The van der Waals surface area contributed by atoms with E-state index in [4.69, 9.17) is 14.2 Å². The molecule has 0 fully saturated rings. The molecule has 2 aromatic rings. The van der Waals surface area contributed by atoms with Crippen molar-refractivity contribution in [1.82, 2.24) is 0 Å². The lowest BCUT2D eigenvalue weighted by atomic mass is 10.1. The van der Waals surface area contributed by atoms with Crippen LogP contribution >= 0.6 is 0 Å². The van der Waals surface area contributed by atoms with Gasteiger partial charge in [0.1, 0.15) is 25.0 Å². The number of rotatable bonds is 7. The summed E-state index contributed by atoms with van der Waals surface area (Å²) in [6, 6.07) is 10.7. The summed E-state index contributed by atoms with van der Waals surface area (Å²) in [7, 11) is -2.24. The number of nitrogens with one attached hydrogen (secondary N) is 1. The highest BCUT2D eigenvalue weighted by atomic mass is 32.2. The molecule has 1 N–H and O–H groups in total. The van der Waals surface area contributed by atoms with Crippen molar-refractivity contribution in [3.63, 3.8) is 0 Å². The minimum atomic E-state index is -3.73. The third-order valence-electron chi connectivity index (χ3n) is 4.45. The molecule has 0 aromatic heterocycles. The highest BCUT2D eigenvalue weighted by Crippen LogP contribution is 2.33. The number of hydrogen-bond donors (Lipinski definition) is 1. The van der Waals surface area contributed by atoms with Crippen LogP contribution in [0, 0.1) is 0 Å². The van der Waals surface area contributed by atoms with Crippen LogP contribution in [0.15, 0.2) is 42.5 Å². The van der Waals surface area contributed by atoms with Gasteiger partial charge in [0.05, 0.1) is 19.1 Å². The number of carbonyl (C=O) groups is 1. The van der Waals surface area contributed by atoms with E-state index in [-0.39, 0.29) is 6.42 Å². The third-order valence-corrected chi connectivity index (χ3v) is 5.63. The van der Waals surface area contributed by atoms with E-state index in [0.29, 0.717) is 41.8 Å². The zero-order valence-corrected chi connectivity index (χ0v) is 17.4. The second-order valence-electron chi connectivity index (χ2n) is 6.53. The molecule has 1 unspecified atom stereocenters. The maximum Gasteiger partial charge on any atom is 0.248 e. The number of anilines is 2. The van der Waals surface area contributed by atoms with E-state index in [2.05, 4.69) is 5.32 Å². The average Bonchev–Trinajstić information content (AvgIpc) is 2.70. The SMILES string of the molecule is CCC(C(=O)Nc1ccc2c(c1)OCCO2)N(c1cccc(OC)c1)S(C)(=O)=O. The fourth-order valence-corrected chi connectivity index (χ4v) is 4.36. The molecule has 29 heavy (non-hydrogen) atoms. The quantitative estimate of drug-likeness (QED) is 0.740. The number of carbonyl (C=O) groups excluding carboxylic acids is 1. The summed E-state index contributed by atoms with van der Waals surface area (Å²) in [5, 5.41) is 2.78. The van der Waals surface area contributed by atoms with Crippen LogP contribution in [-0.4, -0.2) is 46.9 Å². The Morgan fingerprint density at radius 3 is 2.55 bits per heavy atom. The summed E-state index contributed by atoms with van der Waals surface area (Å²) in [4.78, 5) is 13.0. The summed E-state index contributed by atoms with van der Waals surface area (Å²) < 4.78 is 42.4. The molecule has 0 saturated heterocycles. The molecule has 8 nitrogen and oxygen atoms in total. The highest BCUT2D eigenvalue weighted by Gasteiger charge is 2.32. The van der Waals surface area contributed by atoms with Crippen molar-refractivity contribution in [3.8, 4) is 17.2 Å². The Kier molecular flexibility index (Phi) is 6.17. The van der Waals surface area contributed by atoms with Gasteiger partial charge in [-0.15, -0.1) is 0 Å². The van der Waals surface area contributed by atoms with Gasteiger partial charge in [-0.25, -0.2) is 8.42 Å². The second kappa shape index (κ2) is 8.60. The topological polar surface area (TPSA) is 94.2 Å². The molecule has 1 aliphatic rings. The Bertz CT molecular complexity index is 992. The first kappa shape index (κ1) is 20.8. The molecule has 1 atom stereocenters. The van der Waals surface area contributed by atoms with Crippen molar-refractivity contribution in [2.24, 2.45) is 0 Å². The number of nitrogens with zero attached hydrogens (tertiary/aromatic N) is 1. The molecule has 0 aliphatic carbocycles. The number of fused-ring (bicyclic) bond motifs is 1. The van der Waals surface area contributed by atoms with Crippen LogP contribution in [0.5, 0.6) is 17.2 Å². The van der Waals surface area contributed by atoms with Gasteiger partial charge in [-0.2, -0.15) is 0 Å². The molecule has 1 heterocycles. The first-order valence-electron chi connectivity index (χ1n) is 9.17. The van der Waals surface area contributed by atoms with Crippen LogP contribution in [0.25, 0.3) is 0 Å². The lowest BCUT2D eigenvalue weighted by molar-refractivity contribution is -0.117. The molecular weight excluding hydrogens is 396 g/mol. The van der Waals surface area contributed by atoms with E-state index in [9.17, 15) is 13.2 Å². The number of ether oxygens (including phenoxy) is 3. The molecule has 3 rings (SSSR count). The zero-order valence-electron chi connectivity index (χ0n) is 16.5. The molecule has 1 amide bonds. The average molecular weight is 420 g/mol. The fraction of sp³-hybridized carbons (Fsp3) is 0.350. The Hall–Kier alpha value is -2.94. The largest absolute Gasteiger partial charge is 0.497 e. The van der Waals surface area contributed by atoms with E-state index in [1.807, 2.05) is 0 Å². The summed E-state index contributed by atoms with van der Waals surface area (Å²) in [6.45, 7) is 2.66. The lowest BCUT2D eigenvalue weighted by Crippen LogP contribution is -2.47. The molecule has 0 bridgehead atoms. The molecule has 2 aromatic carbocycles. The van der Waals surface area contributed by atoms with Crippen molar-refractivity contribution in [2.75, 3.05) is 36.2 Å². The van der Waals surface area contributed by atoms with Crippen LogP contribution in [0.3, 0.4) is 0 Å². The van der Waals surface area contributed by atoms with Gasteiger partial charge in [-0.1, -0.05) is 13.0 Å². The number of sulfonamides is 1. The smallest absolute Gasteiger partial charge is 0.248 e. The maximum atomic E-state index is 13.0. The monoisotopic (exact) mass is 420 g/mol. The first-order chi connectivity index (χ1) is 13.8. The number of methoxy groups -OCH3 is 1. The standard InChI is InChI=1S/C20H24N2O6S/c1-4-17(22(29(3,24)25)15-6-5-7-16(13-15)26-2)20(23)21-14-8-9-18-19(12-14)28-11-10-27-18/h5-9,12-13,17H,4,10-11H2,1-3H3,(H,21,23). The summed E-state index contributed by atoms with van der Waals surface area (Å²) in [5.41, 5.74) is 0.854. The fourth-order valence-electron chi connectivity index (χ4n) is 3.15. The van der Waals surface area contributed by atoms with E-state index in [1.54, 1.807) is 49.4 Å². The number of benzene rings is 2. The lowest BCUT2D eigenvalue weighted by Gasteiger charge is -2.30. The second-order valence-corrected chi connectivity index (χ2v) is 8.39. The van der Waals surface area contributed by atoms with Gasteiger partial charge < -0.3 is 19.5 Å².